The number of hydrogen-bond acceptors (Lipinski definition) is 4. The summed E-state index contributed by atoms with van der Waals surface area (Å²) in [6.07, 6.45) is 17.8. The number of para-hydroxylation sites is 1. The SMILES string of the molecule is CN1C[C@@H]([C]2[CH][CH][CH][CH]2)[C@]2(C(=O)Nc3ccccc32)C12C(=O)c1ccccc1C2=O.[CH]1[CH][CH][CH][CH]1.[Fe+2]. The Morgan fingerprint density at radius 1 is 0.778 bits per heavy atom. The van der Waals surface area contributed by atoms with Crippen LogP contribution in [0.2, 0.25) is 0 Å². The maximum absolute atomic E-state index is 14.0. The molecule has 1 amide bonds. The van der Waals surface area contributed by atoms with E-state index in [1.807, 2.05) is 87.0 Å². The van der Waals surface area contributed by atoms with E-state index >= 15 is 0 Å². The molecule has 5 aliphatic rings. The molecule has 2 saturated carbocycles. The number of anilines is 1. The fraction of sp³-hybridized carbons (Fsp3) is 0.167. The molecule has 3 aliphatic carbocycles. The third-order valence-corrected chi connectivity index (χ3v) is 7.80. The summed E-state index contributed by atoms with van der Waals surface area (Å²) < 4.78 is 0. The molecule has 2 heterocycles. The predicted octanol–water partition coefficient (Wildman–Crippen LogP) is 3.68. The number of likely N-dealkylation sites (N-methyl/N-ethyl adjacent to an activating group) is 1. The molecule has 6 heteroatoms. The van der Waals surface area contributed by atoms with Crippen molar-refractivity contribution in [3.8, 4) is 0 Å². The largest absolute Gasteiger partial charge is 2.00 e. The summed E-state index contributed by atoms with van der Waals surface area (Å²) >= 11 is 0. The van der Waals surface area contributed by atoms with Crippen molar-refractivity contribution in [2.75, 3.05) is 18.9 Å². The summed E-state index contributed by atoms with van der Waals surface area (Å²) in [7, 11) is 1.79. The van der Waals surface area contributed by atoms with Crippen LogP contribution in [-0.4, -0.2) is 41.5 Å². The number of fused-ring (bicyclic) bond motifs is 4. The average Bonchev–Trinajstić information content (AvgIpc) is 3.69. The van der Waals surface area contributed by atoms with Crippen molar-refractivity contribution in [1.29, 1.82) is 0 Å². The zero-order chi connectivity index (χ0) is 24.2. The van der Waals surface area contributed by atoms with Gasteiger partial charge < -0.3 is 5.32 Å². The van der Waals surface area contributed by atoms with Crippen molar-refractivity contribution < 1.29 is 31.5 Å². The van der Waals surface area contributed by atoms with Crippen molar-refractivity contribution >= 4 is 23.2 Å². The van der Waals surface area contributed by atoms with Gasteiger partial charge in [-0.15, -0.1) is 0 Å². The average molecular weight is 516 g/mol. The van der Waals surface area contributed by atoms with Crippen LogP contribution in [0.4, 0.5) is 5.69 Å². The first-order valence-corrected chi connectivity index (χ1v) is 11.7. The summed E-state index contributed by atoms with van der Waals surface area (Å²) in [6.45, 7) is 0.428. The Labute approximate surface area is 223 Å². The summed E-state index contributed by atoms with van der Waals surface area (Å²) in [4.78, 5) is 43.7. The molecule has 2 aliphatic heterocycles. The van der Waals surface area contributed by atoms with Crippen molar-refractivity contribution in [1.82, 2.24) is 4.90 Å². The number of hydrogen-bond donors (Lipinski definition) is 1. The fourth-order valence-corrected chi connectivity index (χ4v) is 6.46. The second-order valence-electron chi connectivity index (χ2n) is 9.34. The van der Waals surface area contributed by atoms with Gasteiger partial charge in [-0.25, -0.2) is 0 Å². The van der Waals surface area contributed by atoms with E-state index in [0.717, 1.165) is 11.5 Å². The van der Waals surface area contributed by atoms with E-state index in [1.165, 1.54) is 0 Å². The van der Waals surface area contributed by atoms with Gasteiger partial charge in [0.2, 0.25) is 5.91 Å². The molecule has 3 fully saturated rings. The molecule has 0 aromatic heterocycles. The van der Waals surface area contributed by atoms with Crippen LogP contribution in [0.25, 0.3) is 0 Å². The molecule has 36 heavy (non-hydrogen) atoms. The third kappa shape index (κ3) is 3.20. The van der Waals surface area contributed by atoms with E-state index in [-0.39, 0.29) is 40.5 Å². The fourth-order valence-electron chi connectivity index (χ4n) is 6.46. The van der Waals surface area contributed by atoms with Gasteiger partial charge in [-0.1, -0.05) is 42.5 Å². The van der Waals surface area contributed by atoms with E-state index in [1.54, 1.807) is 31.3 Å². The number of benzene rings is 2. The molecule has 2 aromatic rings. The maximum atomic E-state index is 14.0. The van der Waals surface area contributed by atoms with Crippen LogP contribution in [0.5, 0.6) is 0 Å². The topological polar surface area (TPSA) is 66.5 Å². The smallest absolute Gasteiger partial charge is 0.325 e. The van der Waals surface area contributed by atoms with Gasteiger partial charge in [0.1, 0.15) is 5.41 Å². The van der Waals surface area contributed by atoms with E-state index in [0.29, 0.717) is 23.4 Å². The van der Waals surface area contributed by atoms with Crippen LogP contribution in [0.15, 0.2) is 48.5 Å². The van der Waals surface area contributed by atoms with Crippen LogP contribution in [0.1, 0.15) is 26.3 Å². The molecule has 0 unspecified atom stereocenters. The molecule has 5 nitrogen and oxygen atoms in total. The summed E-state index contributed by atoms with van der Waals surface area (Å²) in [6, 6.07) is 14.4. The predicted molar refractivity (Wildman–Crippen MR) is 133 cm³/mol. The summed E-state index contributed by atoms with van der Waals surface area (Å²) in [5.41, 5.74) is -0.747. The van der Waals surface area contributed by atoms with Crippen LogP contribution in [-0.2, 0) is 27.3 Å². The van der Waals surface area contributed by atoms with Gasteiger partial charge in [0.15, 0.2) is 17.1 Å². The zero-order valence-electron chi connectivity index (χ0n) is 19.6. The van der Waals surface area contributed by atoms with Gasteiger partial charge in [0, 0.05) is 23.4 Å². The Morgan fingerprint density at radius 3 is 1.89 bits per heavy atom. The van der Waals surface area contributed by atoms with E-state index < -0.39 is 11.0 Å². The van der Waals surface area contributed by atoms with Crippen molar-refractivity contribution in [2.24, 2.45) is 5.92 Å². The number of Topliss-reactive ketones (excluding diaryl/α,β-unsaturated/α-hetero) is 2. The van der Waals surface area contributed by atoms with Gasteiger partial charge in [-0.05, 0) is 88.3 Å². The standard InChI is InChI=1S/C25H19N2O3.C5H5.Fe/c1-27-14-19(15-8-2-3-9-15)24(18-12-6-7-13-20(18)26-23(24)30)25(27)21(28)16-10-4-5-11-17(16)22(25)29;1-2-4-5-3-1;/h2-13,19H,14H2,1H3,(H,26,30);1-5H;/q;;+2/t19-,24+;;/m0../s1. The van der Waals surface area contributed by atoms with Gasteiger partial charge in [-0.3, -0.25) is 19.3 Å². The first-order chi connectivity index (χ1) is 17.0. The normalized spacial score (nSPS) is 28.1. The second kappa shape index (κ2) is 9.55. The minimum atomic E-state index is -1.60. The molecular weight excluding hydrogens is 492 g/mol. The summed E-state index contributed by atoms with van der Waals surface area (Å²) in [5, 5.41) is 2.99. The number of carbonyl (C=O) groups is 3. The Kier molecular flexibility index (Phi) is 6.74. The molecule has 2 aromatic carbocycles. The van der Waals surface area contributed by atoms with Gasteiger partial charge in [0.05, 0.1) is 0 Å². The van der Waals surface area contributed by atoms with Crippen LogP contribution in [0, 0.1) is 69.6 Å². The molecule has 0 bridgehead atoms. The Hall–Kier alpha value is -2.27. The number of carbonyl (C=O) groups excluding carboxylic acids is 3. The first kappa shape index (κ1) is 25.4. The molecule has 1 N–H and O–H groups in total. The number of ketones is 2. The van der Waals surface area contributed by atoms with E-state index in [2.05, 4.69) is 5.32 Å². The van der Waals surface area contributed by atoms with E-state index in [9.17, 15) is 14.4 Å². The minimum Gasteiger partial charge on any atom is -0.325 e. The molecule has 2 atom stereocenters. The molecule has 7 rings (SSSR count). The number of nitrogens with one attached hydrogen (secondary N) is 1. The minimum absolute atomic E-state index is 0. The maximum Gasteiger partial charge on any atom is 2.00 e. The van der Waals surface area contributed by atoms with Gasteiger partial charge >= 0.3 is 17.1 Å². The molecule has 1 saturated heterocycles. The van der Waals surface area contributed by atoms with E-state index in [4.69, 9.17) is 0 Å². The number of nitrogens with zero attached hydrogens (tertiary/aromatic N) is 1. The first-order valence-electron chi connectivity index (χ1n) is 11.7. The Balaban J connectivity index is 0.000000400. The van der Waals surface area contributed by atoms with Crippen LogP contribution in [0.3, 0.4) is 0 Å². The Morgan fingerprint density at radius 2 is 1.31 bits per heavy atom. The molecule has 178 valence electrons. The van der Waals surface area contributed by atoms with Crippen molar-refractivity contribution in [3.63, 3.8) is 0 Å². The van der Waals surface area contributed by atoms with Crippen LogP contribution >= 0.6 is 0 Å². The van der Waals surface area contributed by atoms with Crippen molar-refractivity contribution in [3.05, 3.63) is 129 Å². The van der Waals surface area contributed by atoms with Gasteiger partial charge in [0.25, 0.3) is 0 Å². The zero-order valence-corrected chi connectivity index (χ0v) is 20.7. The third-order valence-electron chi connectivity index (χ3n) is 7.80. The quantitative estimate of drug-likeness (QED) is 0.464. The Bertz CT molecular complexity index is 1160. The monoisotopic (exact) mass is 516 g/mol. The molecule has 10 radical (unpaired) electrons. The molecule has 2 spiro atoms. The second-order valence-corrected chi connectivity index (χ2v) is 9.34. The molecular formula is C30H24FeN2O3+2. The van der Waals surface area contributed by atoms with Crippen LogP contribution < -0.4 is 5.32 Å². The van der Waals surface area contributed by atoms with Gasteiger partial charge in [-0.2, -0.15) is 0 Å². The van der Waals surface area contributed by atoms with Crippen molar-refractivity contribution in [2.45, 2.75) is 11.0 Å². The number of rotatable bonds is 1. The number of amides is 1. The number of likely N-dealkylation sites (tertiary alicyclic amines) is 1. The summed E-state index contributed by atoms with van der Waals surface area (Å²) in [5.74, 6) is -0.225.